The molecule has 1 aromatic carbocycles. The Bertz CT molecular complexity index is 1090. The van der Waals surface area contributed by atoms with E-state index in [4.69, 9.17) is 4.74 Å². The van der Waals surface area contributed by atoms with E-state index in [9.17, 15) is 9.18 Å². The Labute approximate surface area is 203 Å². The molecular formula is C25H32FN5O2S. The van der Waals surface area contributed by atoms with Gasteiger partial charge in [0.25, 0.3) is 5.91 Å². The molecular weight excluding hydrogens is 453 g/mol. The lowest BCUT2D eigenvalue weighted by Gasteiger charge is -2.34. The highest BCUT2D eigenvalue weighted by Gasteiger charge is 2.60. The fraction of sp³-hybridized carbons (Fsp3) is 0.600. The Balaban J connectivity index is 1.27. The monoisotopic (exact) mass is 485 g/mol. The zero-order valence-corrected chi connectivity index (χ0v) is 20.8. The van der Waals surface area contributed by atoms with E-state index in [2.05, 4.69) is 41.5 Å². The van der Waals surface area contributed by atoms with Crippen molar-refractivity contribution in [3.05, 3.63) is 30.1 Å². The second-order valence-electron chi connectivity index (χ2n) is 10.4. The van der Waals surface area contributed by atoms with Crippen molar-refractivity contribution in [3.8, 4) is 11.4 Å². The third kappa shape index (κ3) is 4.17. The van der Waals surface area contributed by atoms with E-state index in [0.29, 0.717) is 23.4 Å². The van der Waals surface area contributed by atoms with E-state index in [1.807, 2.05) is 4.57 Å². The number of ether oxygens (including phenoxy) is 1. The first-order chi connectivity index (χ1) is 16.3. The summed E-state index contributed by atoms with van der Waals surface area (Å²) in [6.45, 7) is 8.28. The molecule has 1 amide bonds. The SMILES string of the molecule is CC12CCC(C/C1=N\NC(=O)CSc1nnc(-c3ccc(F)cc3)n1CC1CCCO1)C2(C)C. The summed E-state index contributed by atoms with van der Waals surface area (Å²) in [6.07, 6.45) is 5.42. The number of thioether (sulfide) groups is 1. The zero-order valence-electron chi connectivity index (χ0n) is 20.0. The van der Waals surface area contributed by atoms with E-state index < -0.39 is 0 Å². The second kappa shape index (κ2) is 9.07. The van der Waals surface area contributed by atoms with Crippen LogP contribution in [0.3, 0.4) is 0 Å². The normalized spacial score (nSPS) is 28.6. The number of amides is 1. The molecule has 3 atom stereocenters. The van der Waals surface area contributed by atoms with Gasteiger partial charge in [-0.15, -0.1) is 10.2 Å². The molecule has 2 heterocycles. The molecule has 9 heteroatoms. The van der Waals surface area contributed by atoms with Gasteiger partial charge in [-0.05, 0) is 67.7 Å². The van der Waals surface area contributed by atoms with Crippen molar-refractivity contribution in [2.75, 3.05) is 12.4 Å². The van der Waals surface area contributed by atoms with E-state index in [1.54, 1.807) is 12.1 Å². The lowest BCUT2D eigenvalue weighted by atomic mass is 9.70. The first kappa shape index (κ1) is 23.5. The van der Waals surface area contributed by atoms with Gasteiger partial charge in [-0.2, -0.15) is 5.10 Å². The molecule has 3 aliphatic rings. The molecule has 0 spiro atoms. The van der Waals surface area contributed by atoms with Crippen LogP contribution in [0.25, 0.3) is 11.4 Å². The van der Waals surface area contributed by atoms with Crippen molar-refractivity contribution in [2.45, 2.75) is 70.7 Å². The average Bonchev–Trinajstić information content (AvgIpc) is 3.55. The molecule has 2 aliphatic carbocycles. The summed E-state index contributed by atoms with van der Waals surface area (Å²) < 4.78 is 21.2. The van der Waals surface area contributed by atoms with Crippen LogP contribution in [0.1, 0.15) is 52.9 Å². The number of carbonyl (C=O) groups excluding carboxylic acids is 1. The van der Waals surface area contributed by atoms with Crippen LogP contribution in [0.15, 0.2) is 34.5 Å². The Morgan fingerprint density at radius 3 is 2.71 bits per heavy atom. The van der Waals surface area contributed by atoms with Gasteiger partial charge >= 0.3 is 0 Å². The minimum atomic E-state index is -0.297. The fourth-order valence-corrected chi connectivity index (χ4v) is 6.49. The highest BCUT2D eigenvalue weighted by atomic mass is 32.2. The largest absolute Gasteiger partial charge is 0.376 e. The first-order valence-electron chi connectivity index (χ1n) is 12.1. The molecule has 5 rings (SSSR count). The molecule has 7 nitrogen and oxygen atoms in total. The van der Waals surface area contributed by atoms with E-state index in [0.717, 1.165) is 43.6 Å². The highest BCUT2D eigenvalue weighted by molar-refractivity contribution is 7.99. The number of nitrogens with one attached hydrogen (secondary N) is 1. The maximum Gasteiger partial charge on any atom is 0.250 e. The maximum absolute atomic E-state index is 13.4. The van der Waals surface area contributed by atoms with Gasteiger partial charge in [-0.25, -0.2) is 9.82 Å². The summed E-state index contributed by atoms with van der Waals surface area (Å²) in [4.78, 5) is 12.7. The van der Waals surface area contributed by atoms with Crippen LogP contribution in [0.4, 0.5) is 4.39 Å². The van der Waals surface area contributed by atoms with Gasteiger partial charge in [0, 0.05) is 23.3 Å². The molecule has 1 aliphatic heterocycles. The number of nitrogens with zero attached hydrogens (tertiary/aromatic N) is 4. The minimum Gasteiger partial charge on any atom is -0.376 e. The molecule has 34 heavy (non-hydrogen) atoms. The summed E-state index contributed by atoms with van der Waals surface area (Å²) in [5, 5.41) is 13.9. The Hall–Kier alpha value is -2.26. The van der Waals surface area contributed by atoms with Gasteiger partial charge in [-0.1, -0.05) is 32.5 Å². The molecule has 1 aromatic heterocycles. The summed E-state index contributed by atoms with van der Waals surface area (Å²) in [7, 11) is 0. The molecule has 1 saturated heterocycles. The van der Waals surface area contributed by atoms with Gasteiger partial charge < -0.3 is 4.74 Å². The number of halogens is 1. The smallest absolute Gasteiger partial charge is 0.250 e. The minimum absolute atomic E-state index is 0.0591. The van der Waals surface area contributed by atoms with Crippen LogP contribution in [-0.4, -0.2) is 44.8 Å². The highest BCUT2D eigenvalue weighted by Crippen LogP contribution is 2.63. The number of aromatic nitrogens is 3. The Morgan fingerprint density at radius 2 is 2.06 bits per heavy atom. The molecule has 1 N–H and O–H groups in total. The summed E-state index contributed by atoms with van der Waals surface area (Å²) >= 11 is 1.33. The maximum atomic E-state index is 13.4. The summed E-state index contributed by atoms with van der Waals surface area (Å²) in [5.74, 6) is 1.03. The van der Waals surface area contributed by atoms with Crippen LogP contribution >= 0.6 is 11.8 Å². The molecule has 182 valence electrons. The van der Waals surface area contributed by atoms with E-state index in [1.165, 1.54) is 30.3 Å². The molecule has 3 unspecified atom stereocenters. The zero-order chi connectivity index (χ0) is 23.9. The van der Waals surface area contributed by atoms with Gasteiger partial charge in [0.1, 0.15) is 5.82 Å². The van der Waals surface area contributed by atoms with Gasteiger partial charge in [0.05, 0.1) is 18.4 Å². The number of hydrogen-bond acceptors (Lipinski definition) is 6. The van der Waals surface area contributed by atoms with E-state index in [-0.39, 0.29) is 34.4 Å². The predicted molar refractivity (Wildman–Crippen MR) is 130 cm³/mol. The third-order valence-electron chi connectivity index (χ3n) is 8.39. The lowest BCUT2D eigenvalue weighted by Crippen LogP contribution is -2.34. The van der Waals surface area contributed by atoms with Crippen molar-refractivity contribution >= 4 is 23.4 Å². The first-order valence-corrected chi connectivity index (χ1v) is 13.1. The summed E-state index contributed by atoms with van der Waals surface area (Å²) in [5.41, 5.74) is 4.96. The Kier molecular flexibility index (Phi) is 6.27. The standard InChI is InChI=1S/C25H32FN5O2S/c1-24(2)17-10-11-25(24,3)20(13-17)27-28-21(32)15-34-23-30-29-22(16-6-8-18(26)9-7-16)31(23)14-19-5-4-12-33-19/h6-9,17,19H,4-5,10-15H2,1-3H3,(H,28,32)/b27-20+. The Morgan fingerprint density at radius 1 is 1.26 bits per heavy atom. The number of hydrogen-bond donors (Lipinski definition) is 1. The number of benzene rings is 1. The number of fused-ring (bicyclic) bond motifs is 2. The molecule has 3 fully saturated rings. The lowest BCUT2D eigenvalue weighted by molar-refractivity contribution is -0.118. The van der Waals surface area contributed by atoms with Crippen molar-refractivity contribution in [2.24, 2.45) is 21.8 Å². The second-order valence-corrected chi connectivity index (χ2v) is 11.4. The predicted octanol–water partition coefficient (Wildman–Crippen LogP) is 4.67. The van der Waals surface area contributed by atoms with E-state index >= 15 is 0 Å². The van der Waals surface area contributed by atoms with Crippen LogP contribution in [-0.2, 0) is 16.1 Å². The van der Waals surface area contributed by atoms with Gasteiger partial charge in [0.15, 0.2) is 11.0 Å². The van der Waals surface area contributed by atoms with Gasteiger partial charge in [0.2, 0.25) is 0 Å². The van der Waals surface area contributed by atoms with Crippen molar-refractivity contribution in [3.63, 3.8) is 0 Å². The number of carbonyl (C=O) groups is 1. The van der Waals surface area contributed by atoms with Crippen molar-refractivity contribution in [1.29, 1.82) is 0 Å². The number of rotatable bonds is 7. The number of hydrazone groups is 1. The van der Waals surface area contributed by atoms with Crippen LogP contribution in [0, 0.1) is 22.6 Å². The van der Waals surface area contributed by atoms with Crippen LogP contribution in [0.5, 0.6) is 0 Å². The summed E-state index contributed by atoms with van der Waals surface area (Å²) in [6, 6.07) is 6.22. The molecule has 2 saturated carbocycles. The third-order valence-corrected chi connectivity index (χ3v) is 9.36. The van der Waals surface area contributed by atoms with Crippen LogP contribution in [0.2, 0.25) is 0 Å². The van der Waals surface area contributed by atoms with Gasteiger partial charge in [-0.3, -0.25) is 9.36 Å². The molecule has 0 radical (unpaired) electrons. The topological polar surface area (TPSA) is 81.4 Å². The average molecular weight is 486 g/mol. The molecule has 2 aromatic rings. The van der Waals surface area contributed by atoms with Crippen LogP contribution < -0.4 is 5.43 Å². The fourth-order valence-electron chi connectivity index (χ4n) is 5.75. The quantitative estimate of drug-likeness (QED) is 0.455. The van der Waals surface area contributed by atoms with Crippen molar-refractivity contribution in [1.82, 2.24) is 20.2 Å². The van der Waals surface area contributed by atoms with Crippen molar-refractivity contribution < 1.29 is 13.9 Å². The molecule has 2 bridgehead atoms.